The zero-order chi connectivity index (χ0) is 14.5. The Balaban J connectivity index is 1.93. The van der Waals surface area contributed by atoms with Crippen LogP contribution in [-0.2, 0) is 0 Å². The maximum absolute atomic E-state index is 13.6. The van der Waals surface area contributed by atoms with E-state index in [9.17, 15) is 8.78 Å². The van der Waals surface area contributed by atoms with Crippen LogP contribution in [0.4, 0.5) is 14.6 Å². The number of hydrogen-bond acceptors (Lipinski definition) is 4. The minimum atomic E-state index is -0.760. The van der Waals surface area contributed by atoms with Gasteiger partial charge in [-0.1, -0.05) is 0 Å². The predicted molar refractivity (Wildman–Crippen MR) is 74.1 cm³/mol. The molecular weight excluding hydrogens is 264 g/mol. The number of likely N-dealkylation sites (tertiary alicyclic amines) is 1. The van der Waals surface area contributed by atoms with Crippen molar-refractivity contribution in [2.24, 2.45) is 0 Å². The van der Waals surface area contributed by atoms with E-state index in [0.717, 1.165) is 25.5 Å². The molecule has 0 radical (unpaired) electrons. The van der Waals surface area contributed by atoms with E-state index in [4.69, 9.17) is 4.74 Å². The molecule has 0 spiro atoms. The molecule has 2 heterocycles. The Labute approximate surface area is 118 Å². The van der Waals surface area contributed by atoms with Crippen LogP contribution in [0, 0.1) is 11.6 Å². The van der Waals surface area contributed by atoms with Gasteiger partial charge in [0.05, 0.1) is 6.61 Å². The van der Waals surface area contributed by atoms with Crippen LogP contribution in [0.1, 0.15) is 26.2 Å². The molecule has 0 aliphatic carbocycles. The molecule has 0 aromatic carbocycles. The monoisotopic (exact) mass is 285 g/mol. The first kappa shape index (κ1) is 15.0. The lowest BCUT2D eigenvalue weighted by Crippen LogP contribution is -2.26. The fourth-order valence-corrected chi connectivity index (χ4v) is 2.48. The van der Waals surface area contributed by atoms with Crippen molar-refractivity contribution in [3.63, 3.8) is 0 Å². The molecular formula is C14H21F2N3O. The molecule has 1 atom stereocenters. The Morgan fingerprint density at radius 1 is 1.45 bits per heavy atom. The van der Waals surface area contributed by atoms with Crippen LogP contribution in [0.2, 0.25) is 0 Å². The number of hydrogen-bond donors (Lipinski definition) is 1. The van der Waals surface area contributed by atoms with E-state index in [1.807, 2.05) is 6.92 Å². The van der Waals surface area contributed by atoms with Crippen molar-refractivity contribution in [3.8, 4) is 5.88 Å². The summed E-state index contributed by atoms with van der Waals surface area (Å²) in [5.74, 6) is -1.57. The van der Waals surface area contributed by atoms with E-state index in [1.165, 1.54) is 6.42 Å². The summed E-state index contributed by atoms with van der Waals surface area (Å²) in [5.41, 5.74) is 0. The quantitative estimate of drug-likeness (QED) is 0.872. The number of aromatic nitrogens is 1. The Hall–Kier alpha value is -1.43. The van der Waals surface area contributed by atoms with Gasteiger partial charge >= 0.3 is 0 Å². The van der Waals surface area contributed by atoms with Crippen LogP contribution in [0.15, 0.2) is 6.07 Å². The highest BCUT2D eigenvalue weighted by molar-refractivity contribution is 5.39. The molecule has 20 heavy (non-hydrogen) atoms. The second kappa shape index (κ2) is 6.83. The van der Waals surface area contributed by atoms with E-state index >= 15 is 0 Å². The summed E-state index contributed by atoms with van der Waals surface area (Å²) in [7, 11) is 2.08. The van der Waals surface area contributed by atoms with Crippen molar-refractivity contribution in [1.29, 1.82) is 0 Å². The lowest BCUT2D eigenvalue weighted by molar-refractivity contribution is 0.222. The first-order valence-electron chi connectivity index (χ1n) is 7.04. The third-order valence-electron chi connectivity index (χ3n) is 3.60. The molecule has 1 aromatic rings. The molecule has 1 saturated heterocycles. The average molecular weight is 285 g/mol. The smallest absolute Gasteiger partial charge is 0.252 e. The largest absolute Gasteiger partial charge is 0.475 e. The summed E-state index contributed by atoms with van der Waals surface area (Å²) in [6, 6.07) is 1.29. The van der Waals surface area contributed by atoms with E-state index in [0.29, 0.717) is 19.2 Å². The van der Waals surface area contributed by atoms with Crippen LogP contribution in [0.25, 0.3) is 0 Å². The fraction of sp³-hybridized carbons (Fsp3) is 0.643. The molecule has 1 fully saturated rings. The Morgan fingerprint density at radius 3 is 2.90 bits per heavy atom. The molecule has 1 aromatic heterocycles. The molecule has 6 heteroatoms. The van der Waals surface area contributed by atoms with Gasteiger partial charge in [-0.3, -0.25) is 0 Å². The third kappa shape index (κ3) is 3.56. The minimum Gasteiger partial charge on any atom is -0.475 e. The van der Waals surface area contributed by atoms with Crippen molar-refractivity contribution in [3.05, 3.63) is 17.7 Å². The van der Waals surface area contributed by atoms with Gasteiger partial charge in [0.2, 0.25) is 0 Å². The molecule has 0 bridgehead atoms. The number of ether oxygens (including phenoxy) is 1. The normalized spacial score (nSPS) is 19.3. The Kier molecular flexibility index (Phi) is 5.11. The van der Waals surface area contributed by atoms with Gasteiger partial charge in [-0.25, -0.2) is 8.78 Å². The van der Waals surface area contributed by atoms with Gasteiger partial charge in [-0.05, 0) is 39.8 Å². The Morgan fingerprint density at radius 2 is 2.25 bits per heavy atom. The second-order valence-electron chi connectivity index (χ2n) is 5.05. The number of anilines is 1. The third-order valence-corrected chi connectivity index (χ3v) is 3.60. The first-order chi connectivity index (χ1) is 9.61. The molecule has 1 unspecified atom stereocenters. The fourth-order valence-electron chi connectivity index (χ4n) is 2.48. The predicted octanol–water partition coefficient (Wildman–Crippen LogP) is 2.65. The van der Waals surface area contributed by atoms with E-state index in [1.54, 1.807) is 0 Å². The first-order valence-corrected chi connectivity index (χ1v) is 7.04. The summed E-state index contributed by atoms with van der Waals surface area (Å²) in [6.07, 6.45) is 3.16. The van der Waals surface area contributed by atoms with Gasteiger partial charge in [0.15, 0.2) is 17.5 Å². The summed E-state index contributed by atoms with van der Waals surface area (Å²) < 4.78 is 32.4. The lowest BCUT2D eigenvalue weighted by atomic mass is 10.1. The molecule has 0 amide bonds. The summed E-state index contributed by atoms with van der Waals surface area (Å²) >= 11 is 0. The number of rotatable bonds is 6. The van der Waals surface area contributed by atoms with Crippen LogP contribution < -0.4 is 10.1 Å². The highest BCUT2D eigenvalue weighted by Gasteiger charge is 2.21. The zero-order valence-corrected chi connectivity index (χ0v) is 12.0. The molecule has 1 aliphatic heterocycles. The van der Waals surface area contributed by atoms with Crippen LogP contribution in [-0.4, -0.2) is 42.7 Å². The van der Waals surface area contributed by atoms with Crippen LogP contribution in [0.3, 0.4) is 0 Å². The highest BCUT2D eigenvalue weighted by atomic mass is 19.1. The van der Waals surface area contributed by atoms with Gasteiger partial charge in [0.25, 0.3) is 5.88 Å². The lowest BCUT2D eigenvalue weighted by Gasteiger charge is -2.19. The van der Waals surface area contributed by atoms with Crippen LogP contribution >= 0.6 is 0 Å². The van der Waals surface area contributed by atoms with E-state index in [-0.39, 0.29) is 11.7 Å². The molecule has 4 nitrogen and oxygen atoms in total. The van der Waals surface area contributed by atoms with E-state index in [2.05, 4.69) is 22.2 Å². The van der Waals surface area contributed by atoms with Crippen molar-refractivity contribution < 1.29 is 13.5 Å². The van der Waals surface area contributed by atoms with Gasteiger partial charge < -0.3 is 15.0 Å². The minimum absolute atomic E-state index is 0.0295. The van der Waals surface area contributed by atoms with Crippen LogP contribution in [0.5, 0.6) is 5.88 Å². The maximum atomic E-state index is 13.6. The topological polar surface area (TPSA) is 37.4 Å². The maximum Gasteiger partial charge on any atom is 0.252 e. The van der Waals surface area contributed by atoms with E-state index < -0.39 is 11.6 Å². The van der Waals surface area contributed by atoms with Crippen molar-refractivity contribution in [2.45, 2.75) is 32.2 Å². The van der Waals surface area contributed by atoms with Crippen molar-refractivity contribution in [1.82, 2.24) is 9.88 Å². The molecule has 112 valence electrons. The van der Waals surface area contributed by atoms with Gasteiger partial charge in [0.1, 0.15) is 0 Å². The van der Waals surface area contributed by atoms with Gasteiger partial charge in [-0.15, -0.1) is 0 Å². The summed E-state index contributed by atoms with van der Waals surface area (Å²) in [4.78, 5) is 6.13. The molecule has 2 rings (SSSR count). The van der Waals surface area contributed by atoms with Gasteiger partial charge in [0, 0.05) is 18.7 Å². The summed E-state index contributed by atoms with van der Waals surface area (Å²) in [6.45, 7) is 3.82. The zero-order valence-electron chi connectivity index (χ0n) is 12.0. The number of halogens is 2. The second-order valence-corrected chi connectivity index (χ2v) is 5.05. The van der Waals surface area contributed by atoms with Crippen molar-refractivity contribution in [2.75, 3.05) is 32.1 Å². The average Bonchev–Trinajstić information content (AvgIpc) is 2.81. The summed E-state index contributed by atoms with van der Waals surface area (Å²) in [5, 5.41) is 2.74. The molecule has 0 saturated carbocycles. The number of nitrogens with zero attached hydrogens (tertiary/aromatic N) is 2. The van der Waals surface area contributed by atoms with Crippen molar-refractivity contribution >= 4 is 5.82 Å². The Bertz CT molecular complexity index is 456. The number of nitrogens with one attached hydrogen (secondary N) is 1. The molecule has 1 N–H and O–H groups in total. The SMILES string of the molecule is CCNc1nc(OCCC2CCCN2C)c(F)cc1F. The highest BCUT2D eigenvalue weighted by Crippen LogP contribution is 2.22. The number of pyridine rings is 1. The molecule has 1 aliphatic rings. The van der Waals surface area contributed by atoms with Gasteiger partial charge in [-0.2, -0.15) is 4.98 Å². The standard InChI is InChI=1S/C14H21F2N3O/c1-3-17-13-11(15)9-12(16)14(18-13)20-8-6-10-5-4-7-19(10)2/h9-10H,3-8H2,1-2H3,(H,17,18).